The molecule has 2 aliphatic rings. The van der Waals surface area contributed by atoms with Crippen molar-refractivity contribution in [2.75, 3.05) is 60.1 Å². The average Bonchev–Trinajstić information content (AvgIpc) is 2.73. The van der Waals surface area contributed by atoms with E-state index in [0.717, 1.165) is 32.6 Å². The number of hydrogen-bond acceptors (Lipinski definition) is 5. The van der Waals surface area contributed by atoms with E-state index in [0.29, 0.717) is 19.8 Å². The van der Waals surface area contributed by atoms with Gasteiger partial charge in [-0.15, -0.1) is 0 Å². The van der Waals surface area contributed by atoms with E-state index in [1.807, 2.05) is 0 Å². The summed E-state index contributed by atoms with van der Waals surface area (Å²) in [5, 5.41) is 3.01. The van der Waals surface area contributed by atoms with Crippen molar-refractivity contribution in [1.82, 2.24) is 15.1 Å². The standard InChI is InChI=1S/C13H25N3O3/c1-15-4-3-5-16(7-6-15)8-13(17)14-11-9-19-10-12(11)18-2/h11-12H,3-10H2,1-2H3,(H,14,17)/t11-,12-/m0/s1. The second-order valence-corrected chi connectivity index (χ2v) is 5.42. The fourth-order valence-corrected chi connectivity index (χ4v) is 2.62. The Kier molecular flexibility index (Phi) is 5.57. The maximum Gasteiger partial charge on any atom is 0.234 e. The van der Waals surface area contributed by atoms with Gasteiger partial charge in [-0.1, -0.05) is 0 Å². The molecule has 1 amide bonds. The van der Waals surface area contributed by atoms with Gasteiger partial charge in [0.05, 0.1) is 25.8 Å². The summed E-state index contributed by atoms with van der Waals surface area (Å²) in [6.45, 7) is 5.68. The van der Waals surface area contributed by atoms with Gasteiger partial charge in [0, 0.05) is 20.2 Å². The van der Waals surface area contributed by atoms with Gasteiger partial charge in [-0.2, -0.15) is 0 Å². The average molecular weight is 271 g/mol. The fourth-order valence-electron chi connectivity index (χ4n) is 2.62. The molecule has 0 unspecified atom stereocenters. The van der Waals surface area contributed by atoms with Crippen molar-refractivity contribution >= 4 is 5.91 Å². The zero-order valence-corrected chi connectivity index (χ0v) is 11.9. The van der Waals surface area contributed by atoms with Crippen LogP contribution in [0.3, 0.4) is 0 Å². The van der Waals surface area contributed by atoms with E-state index in [1.54, 1.807) is 7.11 Å². The first-order valence-electron chi connectivity index (χ1n) is 7.00. The van der Waals surface area contributed by atoms with Crippen molar-refractivity contribution in [2.24, 2.45) is 0 Å². The molecule has 6 nitrogen and oxygen atoms in total. The quantitative estimate of drug-likeness (QED) is 0.722. The number of rotatable bonds is 4. The summed E-state index contributed by atoms with van der Waals surface area (Å²) in [4.78, 5) is 16.6. The van der Waals surface area contributed by atoms with Crippen LogP contribution in [0, 0.1) is 0 Å². The molecular formula is C13H25N3O3. The Morgan fingerprint density at radius 2 is 2.16 bits per heavy atom. The third-order valence-corrected chi connectivity index (χ3v) is 3.86. The summed E-state index contributed by atoms with van der Waals surface area (Å²) in [7, 11) is 3.78. The molecule has 6 heteroatoms. The SMILES string of the molecule is CO[C@H]1COC[C@@H]1NC(=O)CN1CCCN(C)CC1. The summed E-state index contributed by atoms with van der Waals surface area (Å²) in [5.74, 6) is 0.0714. The first kappa shape index (κ1) is 14.7. The Morgan fingerprint density at radius 1 is 1.32 bits per heavy atom. The number of nitrogens with zero attached hydrogens (tertiary/aromatic N) is 2. The van der Waals surface area contributed by atoms with Crippen LogP contribution in [0.15, 0.2) is 0 Å². The summed E-state index contributed by atoms with van der Waals surface area (Å²) < 4.78 is 10.6. The molecule has 0 spiro atoms. The number of ether oxygens (including phenoxy) is 2. The van der Waals surface area contributed by atoms with Crippen LogP contribution in [0.25, 0.3) is 0 Å². The van der Waals surface area contributed by atoms with Crippen molar-refractivity contribution in [2.45, 2.75) is 18.6 Å². The van der Waals surface area contributed by atoms with Gasteiger partial charge in [0.2, 0.25) is 5.91 Å². The topological polar surface area (TPSA) is 54.0 Å². The summed E-state index contributed by atoms with van der Waals surface area (Å²) in [5.41, 5.74) is 0. The highest BCUT2D eigenvalue weighted by Crippen LogP contribution is 2.09. The highest BCUT2D eigenvalue weighted by atomic mass is 16.5. The van der Waals surface area contributed by atoms with E-state index in [-0.39, 0.29) is 18.1 Å². The first-order valence-corrected chi connectivity index (χ1v) is 7.00. The molecule has 2 heterocycles. The number of nitrogens with one attached hydrogen (secondary N) is 1. The Bertz CT molecular complexity index is 301. The van der Waals surface area contributed by atoms with Crippen LogP contribution >= 0.6 is 0 Å². The lowest BCUT2D eigenvalue weighted by atomic mass is 10.2. The van der Waals surface area contributed by atoms with Gasteiger partial charge in [0.25, 0.3) is 0 Å². The summed E-state index contributed by atoms with van der Waals surface area (Å²) >= 11 is 0. The lowest BCUT2D eigenvalue weighted by Crippen LogP contribution is -2.47. The highest BCUT2D eigenvalue weighted by molar-refractivity contribution is 5.78. The van der Waals surface area contributed by atoms with Crippen molar-refractivity contribution in [3.8, 4) is 0 Å². The van der Waals surface area contributed by atoms with Crippen LogP contribution < -0.4 is 5.32 Å². The zero-order chi connectivity index (χ0) is 13.7. The van der Waals surface area contributed by atoms with Crippen molar-refractivity contribution < 1.29 is 14.3 Å². The molecule has 110 valence electrons. The van der Waals surface area contributed by atoms with Gasteiger partial charge >= 0.3 is 0 Å². The Morgan fingerprint density at radius 3 is 2.95 bits per heavy atom. The Labute approximate surface area is 115 Å². The van der Waals surface area contributed by atoms with Gasteiger partial charge in [-0.05, 0) is 26.6 Å². The van der Waals surface area contributed by atoms with E-state index < -0.39 is 0 Å². The summed E-state index contributed by atoms with van der Waals surface area (Å²) in [6, 6.07) is -0.00727. The second-order valence-electron chi connectivity index (χ2n) is 5.42. The Balaban J connectivity index is 1.74. The van der Waals surface area contributed by atoms with Crippen LogP contribution in [0.5, 0.6) is 0 Å². The normalized spacial score (nSPS) is 30.2. The maximum absolute atomic E-state index is 12.0. The molecule has 0 aromatic heterocycles. The van der Waals surface area contributed by atoms with Gasteiger partial charge in [-0.3, -0.25) is 9.69 Å². The zero-order valence-electron chi connectivity index (χ0n) is 11.9. The van der Waals surface area contributed by atoms with Crippen LogP contribution in [-0.4, -0.2) is 87.9 Å². The van der Waals surface area contributed by atoms with E-state index >= 15 is 0 Å². The molecule has 2 fully saturated rings. The predicted molar refractivity (Wildman–Crippen MR) is 72.1 cm³/mol. The minimum Gasteiger partial charge on any atom is -0.377 e. The number of carbonyl (C=O) groups is 1. The predicted octanol–water partition coefficient (Wildman–Crippen LogP) is -0.846. The second kappa shape index (κ2) is 7.19. The van der Waals surface area contributed by atoms with Gasteiger partial charge < -0.3 is 19.7 Å². The monoisotopic (exact) mass is 271 g/mol. The molecule has 2 saturated heterocycles. The first-order chi connectivity index (χ1) is 9.19. The molecule has 2 atom stereocenters. The molecule has 0 radical (unpaired) electrons. The number of amides is 1. The van der Waals surface area contributed by atoms with Crippen LogP contribution in [-0.2, 0) is 14.3 Å². The van der Waals surface area contributed by atoms with Crippen LogP contribution in [0.2, 0.25) is 0 Å². The molecule has 0 aromatic rings. The minimum atomic E-state index is -0.0146. The third-order valence-electron chi connectivity index (χ3n) is 3.86. The number of likely N-dealkylation sites (N-methyl/N-ethyl adjacent to an activating group) is 1. The lowest BCUT2D eigenvalue weighted by molar-refractivity contribution is -0.123. The fraction of sp³-hybridized carbons (Fsp3) is 0.923. The van der Waals surface area contributed by atoms with Crippen molar-refractivity contribution in [1.29, 1.82) is 0 Å². The summed E-state index contributed by atoms with van der Waals surface area (Å²) in [6.07, 6.45) is 1.11. The molecule has 1 N–H and O–H groups in total. The Hall–Kier alpha value is -0.690. The third kappa shape index (κ3) is 4.42. The van der Waals surface area contributed by atoms with Crippen LogP contribution in [0.1, 0.15) is 6.42 Å². The number of methoxy groups -OCH3 is 1. The van der Waals surface area contributed by atoms with E-state index in [9.17, 15) is 4.79 Å². The van der Waals surface area contributed by atoms with Gasteiger partial charge in [-0.25, -0.2) is 0 Å². The number of carbonyl (C=O) groups excluding carboxylic acids is 1. The van der Waals surface area contributed by atoms with Gasteiger partial charge in [0.15, 0.2) is 0 Å². The van der Waals surface area contributed by atoms with Gasteiger partial charge in [0.1, 0.15) is 6.10 Å². The van der Waals surface area contributed by atoms with Crippen molar-refractivity contribution in [3.63, 3.8) is 0 Å². The lowest BCUT2D eigenvalue weighted by Gasteiger charge is -2.22. The molecular weight excluding hydrogens is 246 g/mol. The molecule has 0 bridgehead atoms. The molecule has 19 heavy (non-hydrogen) atoms. The molecule has 0 aliphatic carbocycles. The maximum atomic E-state index is 12.0. The van der Waals surface area contributed by atoms with Crippen LogP contribution in [0.4, 0.5) is 0 Å². The minimum absolute atomic E-state index is 0.00727. The number of hydrogen-bond donors (Lipinski definition) is 1. The van der Waals surface area contributed by atoms with E-state index in [4.69, 9.17) is 9.47 Å². The smallest absolute Gasteiger partial charge is 0.234 e. The van der Waals surface area contributed by atoms with E-state index in [1.165, 1.54) is 0 Å². The molecule has 2 aliphatic heterocycles. The molecule has 0 saturated carbocycles. The van der Waals surface area contributed by atoms with Crippen molar-refractivity contribution in [3.05, 3.63) is 0 Å². The molecule has 0 aromatic carbocycles. The molecule has 2 rings (SSSR count). The largest absolute Gasteiger partial charge is 0.377 e. The highest BCUT2D eigenvalue weighted by Gasteiger charge is 2.29. The van der Waals surface area contributed by atoms with E-state index in [2.05, 4.69) is 22.2 Å².